The van der Waals surface area contributed by atoms with Crippen molar-refractivity contribution in [3.05, 3.63) is 47.3 Å². The van der Waals surface area contributed by atoms with Crippen molar-refractivity contribution < 1.29 is 18.4 Å². The summed E-state index contributed by atoms with van der Waals surface area (Å²) in [4.78, 5) is 24.6. The highest BCUT2D eigenvalue weighted by Crippen LogP contribution is 2.20. The summed E-state index contributed by atoms with van der Waals surface area (Å²) >= 11 is 1.80. The Hall–Kier alpha value is -2.42. The molecule has 1 aliphatic rings. The van der Waals surface area contributed by atoms with Gasteiger partial charge in [0.05, 0.1) is 0 Å². The van der Waals surface area contributed by atoms with E-state index in [1.54, 1.807) is 36.9 Å². The minimum Gasteiger partial charge on any atom is -0.348 e. The van der Waals surface area contributed by atoms with Crippen molar-refractivity contribution in [1.82, 2.24) is 15.1 Å². The number of aromatic nitrogens is 2. The number of hydrogen-bond acceptors (Lipinski definition) is 4. The molecule has 3 rings (SSSR count). The standard InChI is InChI=1S/C17H18F2N4O2S/c1-10-2-3-11(15(24)20-12-5-7-26-9-12)8-14(10)21-16(25)13-4-6-23(22-13)17(18)19/h2-4,6,8,12,17H,5,7,9H2,1H3,(H,20,24)(H,21,25). The van der Waals surface area contributed by atoms with Gasteiger partial charge >= 0.3 is 6.55 Å². The van der Waals surface area contributed by atoms with Crippen molar-refractivity contribution in [2.75, 3.05) is 16.8 Å². The van der Waals surface area contributed by atoms with Crippen LogP contribution in [0.3, 0.4) is 0 Å². The Morgan fingerprint density at radius 2 is 2.12 bits per heavy atom. The Morgan fingerprint density at radius 3 is 2.77 bits per heavy atom. The average Bonchev–Trinajstić information content (AvgIpc) is 3.28. The van der Waals surface area contributed by atoms with Gasteiger partial charge in [-0.3, -0.25) is 9.59 Å². The number of nitrogens with one attached hydrogen (secondary N) is 2. The van der Waals surface area contributed by atoms with E-state index in [-0.39, 0.29) is 17.6 Å². The quantitative estimate of drug-likeness (QED) is 0.836. The molecule has 0 bridgehead atoms. The third kappa shape index (κ3) is 4.21. The highest BCUT2D eigenvalue weighted by molar-refractivity contribution is 7.99. The molecule has 1 atom stereocenters. The van der Waals surface area contributed by atoms with Crippen LogP contribution >= 0.6 is 11.8 Å². The number of carbonyl (C=O) groups excluding carboxylic acids is 2. The fourth-order valence-corrected chi connectivity index (χ4v) is 3.72. The predicted octanol–water partition coefficient (Wildman–Crippen LogP) is 3.07. The third-order valence-electron chi connectivity index (χ3n) is 4.05. The maximum absolute atomic E-state index is 12.6. The SMILES string of the molecule is Cc1ccc(C(=O)NC2CCSC2)cc1NC(=O)c1ccn(C(F)F)n1. The van der Waals surface area contributed by atoms with Crippen LogP contribution in [0.1, 0.15) is 39.4 Å². The number of carbonyl (C=O) groups is 2. The van der Waals surface area contributed by atoms with E-state index in [0.717, 1.165) is 29.7 Å². The molecule has 1 saturated heterocycles. The summed E-state index contributed by atoms with van der Waals surface area (Å²) in [5, 5.41) is 9.13. The number of aryl methyl sites for hydroxylation is 1. The number of benzene rings is 1. The van der Waals surface area contributed by atoms with Gasteiger partial charge in [0.2, 0.25) is 0 Å². The van der Waals surface area contributed by atoms with Crippen molar-refractivity contribution in [3.63, 3.8) is 0 Å². The molecule has 0 radical (unpaired) electrons. The average molecular weight is 380 g/mol. The van der Waals surface area contributed by atoms with E-state index in [1.807, 2.05) is 0 Å². The Kier molecular flexibility index (Phi) is 5.55. The molecule has 0 saturated carbocycles. The Labute approximate surface area is 153 Å². The molecule has 6 nitrogen and oxygen atoms in total. The molecule has 2 aromatic rings. The maximum Gasteiger partial charge on any atom is 0.333 e. The molecule has 1 aromatic carbocycles. The fourth-order valence-electron chi connectivity index (χ4n) is 2.57. The largest absolute Gasteiger partial charge is 0.348 e. The summed E-state index contributed by atoms with van der Waals surface area (Å²) in [7, 11) is 0. The van der Waals surface area contributed by atoms with Gasteiger partial charge in [0.25, 0.3) is 11.8 Å². The van der Waals surface area contributed by atoms with Gasteiger partial charge in [-0.15, -0.1) is 0 Å². The lowest BCUT2D eigenvalue weighted by Crippen LogP contribution is -2.34. The van der Waals surface area contributed by atoms with E-state index < -0.39 is 12.5 Å². The number of halogens is 2. The van der Waals surface area contributed by atoms with Crippen LogP contribution < -0.4 is 10.6 Å². The second-order valence-corrected chi connectivity index (χ2v) is 7.13. The number of alkyl halides is 2. The zero-order valence-electron chi connectivity index (χ0n) is 14.0. The van der Waals surface area contributed by atoms with Gasteiger partial charge in [0.15, 0.2) is 5.69 Å². The van der Waals surface area contributed by atoms with E-state index >= 15 is 0 Å². The summed E-state index contributed by atoms with van der Waals surface area (Å²) in [5.74, 6) is 1.12. The van der Waals surface area contributed by atoms with Crippen LogP contribution in [0.15, 0.2) is 30.5 Å². The molecule has 2 amide bonds. The van der Waals surface area contributed by atoms with Crippen LogP contribution in [-0.4, -0.2) is 39.1 Å². The number of anilines is 1. The van der Waals surface area contributed by atoms with Crippen LogP contribution in [-0.2, 0) is 0 Å². The van der Waals surface area contributed by atoms with Gasteiger partial charge in [-0.25, -0.2) is 4.68 Å². The summed E-state index contributed by atoms with van der Waals surface area (Å²) in [6.07, 6.45) is 1.98. The second kappa shape index (κ2) is 7.86. The number of nitrogens with zero attached hydrogens (tertiary/aromatic N) is 2. The molecule has 1 aliphatic heterocycles. The van der Waals surface area contributed by atoms with Crippen molar-refractivity contribution in [1.29, 1.82) is 0 Å². The molecular weight excluding hydrogens is 362 g/mol. The monoisotopic (exact) mass is 380 g/mol. The lowest BCUT2D eigenvalue weighted by molar-refractivity contribution is 0.0561. The van der Waals surface area contributed by atoms with Gasteiger partial charge in [-0.05, 0) is 42.9 Å². The lowest BCUT2D eigenvalue weighted by Gasteiger charge is -2.13. The van der Waals surface area contributed by atoms with E-state index in [9.17, 15) is 18.4 Å². The van der Waals surface area contributed by atoms with E-state index in [1.165, 1.54) is 6.07 Å². The van der Waals surface area contributed by atoms with Crippen LogP contribution in [0, 0.1) is 6.92 Å². The van der Waals surface area contributed by atoms with Crippen molar-refractivity contribution in [2.24, 2.45) is 0 Å². The highest BCUT2D eigenvalue weighted by Gasteiger charge is 2.19. The highest BCUT2D eigenvalue weighted by atomic mass is 32.2. The van der Waals surface area contributed by atoms with E-state index in [0.29, 0.717) is 15.9 Å². The molecule has 2 heterocycles. The number of thioether (sulfide) groups is 1. The summed E-state index contributed by atoms with van der Waals surface area (Å²) in [6, 6.07) is 6.37. The third-order valence-corrected chi connectivity index (χ3v) is 5.22. The van der Waals surface area contributed by atoms with Gasteiger partial charge in [-0.2, -0.15) is 25.6 Å². The van der Waals surface area contributed by atoms with E-state index in [4.69, 9.17) is 0 Å². The zero-order valence-corrected chi connectivity index (χ0v) is 14.9. The topological polar surface area (TPSA) is 76.0 Å². The Balaban J connectivity index is 1.72. The smallest absolute Gasteiger partial charge is 0.333 e. The fraction of sp³-hybridized carbons (Fsp3) is 0.353. The number of rotatable bonds is 5. The summed E-state index contributed by atoms with van der Waals surface area (Å²) < 4.78 is 25.5. The second-order valence-electron chi connectivity index (χ2n) is 5.98. The predicted molar refractivity (Wildman–Crippen MR) is 95.8 cm³/mol. The van der Waals surface area contributed by atoms with Gasteiger partial charge < -0.3 is 10.6 Å². The Bertz CT molecular complexity index is 819. The number of amides is 2. The minimum absolute atomic E-state index is 0.123. The molecule has 1 fully saturated rings. The Morgan fingerprint density at radius 1 is 1.31 bits per heavy atom. The molecule has 26 heavy (non-hydrogen) atoms. The summed E-state index contributed by atoms with van der Waals surface area (Å²) in [5.41, 5.74) is 1.50. The molecular formula is C17H18F2N4O2S. The lowest BCUT2D eigenvalue weighted by atomic mass is 10.1. The minimum atomic E-state index is -2.81. The van der Waals surface area contributed by atoms with Gasteiger partial charge in [0.1, 0.15) is 0 Å². The molecule has 138 valence electrons. The first-order valence-corrected chi connectivity index (χ1v) is 9.23. The summed E-state index contributed by atoms with van der Waals surface area (Å²) in [6.45, 7) is -1.03. The van der Waals surface area contributed by atoms with E-state index in [2.05, 4.69) is 15.7 Å². The van der Waals surface area contributed by atoms with Crippen molar-refractivity contribution in [3.8, 4) is 0 Å². The van der Waals surface area contributed by atoms with Crippen molar-refractivity contribution in [2.45, 2.75) is 25.9 Å². The van der Waals surface area contributed by atoms with Crippen LogP contribution in [0.5, 0.6) is 0 Å². The van der Waals surface area contributed by atoms with Gasteiger partial charge in [-0.1, -0.05) is 6.07 Å². The first-order chi connectivity index (χ1) is 12.4. The molecule has 9 heteroatoms. The maximum atomic E-state index is 12.6. The molecule has 0 spiro atoms. The van der Waals surface area contributed by atoms with Crippen LogP contribution in [0.4, 0.5) is 14.5 Å². The molecule has 1 unspecified atom stereocenters. The van der Waals surface area contributed by atoms with Crippen LogP contribution in [0.25, 0.3) is 0 Å². The van der Waals surface area contributed by atoms with Crippen molar-refractivity contribution >= 4 is 29.3 Å². The van der Waals surface area contributed by atoms with Gasteiger partial charge in [0, 0.05) is 29.2 Å². The number of hydrogen-bond donors (Lipinski definition) is 2. The molecule has 1 aromatic heterocycles. The zero-order chi connectivity index (χ0) is 18.7. The first kappa shape index (κ1) is 18.4. The first-order valence-electron chi connectivity index (χ1n) is 8.08. The normalized spacial score (nSPS) is 16.7. The molecule has 0 aliphatic carbocycles. The molecule has 2 N–H and O–H groups in total. The van der Waals surface area contributed by atoms with Crippen LogP contribution in [0.2, 0.25) is 0 Å².